The van der Waals surface area contributed by atoms with Crippen LogP contribution in [0.1, 0.15) is 0 Å². The van der Waals surface area contributed by atoms with E-state index in [9.17, 15) is 0 Å². The molecule has 0 fully saturated rings. The minimum absolute atomic E-state index is 0.168. The molecular weight excluding hydrogens is 225 g/mol. The minimum atomic E-state index is 0.168. The molecule has 0 spiro atoms. The van der Waals surface area contributed by atoms with Gasteiger partial charge >= 0.3 is 0 Å². The van der Waals surface area contributed by atoms with Gasteiger partial charge < -0.3 is 14.5 Å². The van der Waals surface area contributed by atoms with Gasteiger partial charge in [0.05, 0.1) is 10.5 Å². The normalized spacial score (nSPS) is 13.9. The van der Waals surface area contributed by atoms with Crippen LogP contribution in [0.25, 0.3) is 10.9 Å². The second-order valence-corrected chi connectivity index (χ2v) is 3.72. The van der Waals surface area contributed by atoms with Gasteiger partial charge in [0.15, 0.2) is 11.5 Å². The molecular formula is C9H5Cl2NO2. The summed E-state index contributed by atoms with van der Waals surface area (Å²) in [5, 5.41) is 1.90. The highest BCUT2D eigenvalue weighted by Crippen LogP contribution is 2.49. The maximum Gasteiger partial charge on any atom is 0.231 e. The van der Waals surface area contributed by atoms with Gasteiger partial charge in [0.25, 0.3) is 0 Å². The molecule has 72 valence electrons. The van der Waals surface area contributed by atoms with E-state index >= 15 is 0 Å². The third-order valence-corrected chi connectivity index (χ3v) is 2.95. The van der Waals surface area contributed by atoms with E-state index in [1.807, 2.05) is 6.07 Å². The van der Waals surface area contributed by atoms with Crippen LogP contribution < -0.4 is 9.47 Å². The molecule has 1 aliphatic heterocycles. The molecule has 5 heteroatoms. The summed E-state index contributed by atoms with van der Waals surface area (Å²) in [5.41, 5.74) is 0.779. The fourth-order valence-corrected chi connectivity index (χ4v) is 2.17. The third-order valence-electron chi connectivity index (χ3n) is 2.21. The van der Waals surface area contributed by atoms with Crippen molar-refractivity contribution in [2.75, 3.05) is 6.79 Å². The molecule has 1 aromatic heterocycles. The van der Waals surface area contributed by atoms with Crippen LogP contribution in [0.2, 0.25) is 10.0 Å². The molecule has 14 heavy (non-hydrogen) atoms. The van der Waals surface area contributed by atoms with E-state index in [2.05, 4.69) is 4.98 Å². The first-order valence-corrected chi connectivity index (χ1v) is 4.78. The number of aromatic nitrogens is 1. The van der Waals surface area contributed by atoms with Crippen molar-refractivity contribution in [1.82, 2.24) is 4.98 Å². The summed E-state index contributed by atoms with van der Waals surface area (Å²) in [4.78, 5) is 3.01. The van der Waals surface area contributed by atoms with E-state index in [0.717, 1.165) is 10.9 Å². The Balaban J connectivity index is 2.51. The predicted octanol–water partition coefficient (Wildman–Crippen LogP) is 3.20. The van der Waals surface area contributed by atoms with E-state index < -0.39 is 0 Å². The number of hydrogen-bond acceptors (Lipinski definition) is 2. The van der Waals surface area contributed by atoms with Crippen molar-refractivity contribution >= 4 is 34.1 Å². The predicted molar refractivity (Wildman–Crippen MR) is 54.4 cm³/mol. The standard InChI is InChI=1S/C9H5Cl2NO2/c10-5-4-1-2-12-7(4)6(11)9-8(5)13-3-14-9/h1-2,12H,3H2. The first kappa shape index (κ1) is 8.26. The van der Waals surface area contributed by atoms with Gasteiger partial charge in [0, 0.05) is 11.6 Å². The molecule has 0 aliphatic carbocycles. The monoisotopic (exact) mass is 229 g/mol. The number of halogens is 2. The van der Waals surface area contributed by atoms with Crippen molar-refractivity contribution in [2.45, 2.75) is 0 Å². The average Bonchev–Trinajstić information content (AvgIpc) is 2.82. The van der Waals surface area contributed by atoms with Crippen LogP contribution in [0.15, 0.2) is 12.3 Å². The molecule has 3 rings (SSSR count). The van der Waals surface area contributed by atoms with E-state index in [-0.39, 0.29) is 6.79 Å². The maximum atomic E-state index is 6.12. The number of ether oxygens (including phenoxy) is 2. The lowest BCUT2D eigenvalue weighted by Crippen LogP contribution is -1.93. The van der Waals surface area contributed by atoms with Gasteiger partial charge in [-0.05, 0) is 6.07 Å². The maximum absolute atomic E-state index is 6.12. The van der Waals surface area contributed by atoms with Gasteiger partial charge in [-0.1, -0.05) is 23.2 Å². The lowest BCUT2D eigenvalue weighted by Gasteiger charge is -2.03. The molecule has 0 saturated carbocycles. The number of H-pyrrole nitrogens is 1. The van der Waals surface area contributed by atoms with E-state index in [1.165, 1.54) is 0 Å². The van der Waals surface area contributed by atoms with Crippen LogP contribution in [-0.4, -0.2) is 11.8 Å². The van der Waals surface area contributed by atoms with Crippen LogP contribution in [0.5, 0.6) is 11.5 Å². The van der Waals surface area contributed by atoms with Gasteiger partial charge in [-0.15, -0.1) is 0 Å². The Morgan fingerprint density at radius 3 is 2.64 bits per heavy atom. The Morgan fingerprint density at radius 2 is 1.86 bits per heavy atom. The number of aromatic amines is 1. The molecule has 0 radical (unpaired) electrons. The zero-order chi connectivity index (χ0) is 9.71. The zero-order valence-electron chi connectivity index (χ0n) is 6.93. The van der Waals surface area contributed by atoms with Gasteiger partial charge in [0.2, 0.25) is 6.79 Å². The number of rotatable bonds is 0. The molecule has 2 aromatic rings. The minimum Gasteiger partial charge on any atom is -0.452 e. The highest BCUT2D eigenvalue weighted by atomic mass is 35.5. The van der Waals surface area contributed by atoms with Gasteiger partial charge in [0.1, 0.15) is 5.02 Å². The molecule has 0 amide bonds. The largest absolute Gasteiger partial charge is 0.452 e. The quantitative estimate of drug-likeness (QED) is 0.753. The van der Waals surface area contributed by atoms with Crippen molar-refractivity contribution in [1.29, 1.82) is 0 Å². The lowest BCUT2D eigenvalue weighted by atomic mass is 10.2. The second-order valence-electron chi connectivity index (χ2n) is 2.96. The number of fused-ring (bicyclic) bond motifs is 2. The average molecular weight is 230 g/mol. The van der Waals surface area contributed by atoms with E-state index in [0.29, 0.717) is 21.5 Å². The summed E-state index contributed by atoms with van der Waals surface area (Å²) in [6.07, 6.45) is 1.78. The molecule has 1 aliphatic rings. The van der Waals surface area contributed by atoms with Gasteiger partial charge in [-0.3, -0.25) is 0 Å². The highest BCUT2D eigenvalue weighted by Gasteiger charge is 2.24. The summed E-state index contributed by atoms with van der Waals surface area (Å²) in [6.45, 7) is 0.168. The van der Waals surface area contributed by atoms with Crippen LogP contribution in [-0.2, 0) is 0 Å². The zero-order valence-corrected chi connectivity index (χ0v) is 8.45. The van der Waals surface area contributed by atoms with Gasteiger partial charge in [-0.25, -0.2) is 0 Å². The molecule has 0 unspecified atom stereocenters. The van der Waals surface area contributed by atoms with Crippen molar-refractivity contribution < 1.29 is 9.47 Å². The van der Waals surface area contributed by atoms with E-state index in [4.69, 9.17) is 32.7 Å². The lowest BCUT2D eigenvalue weighted by molar-refractivity contribution is 0.174. The van der Waals surface area contributed by atoms with Crippen molar-refractivity contribution in [2.24, 2.45) is 0 Å². The summed E-state index contributed by atoms with van der Waals surface area (Å²) >= 11 is 12.2. The van der Waals surface area contributed by atoms with Crippen LogP contribution in [0.4, 0.5) is 0 Å². The van der Waals surface area contributed by atoms with E-state index in [1.54, 1.807) is 6.20 Å². The van der Waals surface area contributed by atoms with Crippen LogP contribution in [0.3, 0.4) is 0 Å². The fraction of sp³-hybridized carbons (Fsp3) is 0.111. The Labute approximate surface area is 89.5 Å². The SMILES string of the molecule is Clc1c2c(c(Cl)c3[nH]ccc13)OCO2. The van der Waals surface area contributed by atoms with Gasteiger partial charge in [-0.2, -0.15) is 0 Å². The molecule has 0 atom stereocenters. The number of benzene rings is 1. The Hall–Kier alpha value is -1.06. The molecule has 0 bridgehead atoms. The Morgan fingerprint density at radius 1 is 1.14 bits per heavy atom. The fourth-order valence-electron chi connectivity index (χ4n) is 1.57. The Kier molecular flexibility index (Phi) is 1.60. The van der Waals surface area contributed by atoms with Crippen molar-refractivity contribution in [3.63, 3.8) is 0 Å². The molecule has 0 saturated heterocycles. The number of hydrogen-bond donors (Lipinski definition) is 1. The van der Waals surface area contributed by atoms with Crippen LogP contribution >= 0.6 is 23.2 Å². The smallest absolute Gasteiger partial charge is 0.231 e. The molecule has 3 nitrogen and oxygen atoms in total. The molecule has 1 N–H and O–H groups in total. The Bertz CT molecular complexity index is 477. The first-order chi connectivity index (χ1) is 6.79. The summed E-state index contributed by atoms with van der Waals surface area (Å²) in [6, 6.07) is 1.85. The number of nitrogens with one attached hydrogen (secondary N) is 1. The van der Waals surface area contributed by atoms with Crippen LogP contribution in [0, 0.1) is 0 Å². The summed E-state index contributed by atoms with van der Waals surface area (Å²) < 4.78 is 10.5. The first-order valence-electron chi connectivity index (χ1n) is 4.02. The third kappa shape index (κ3) is 0.885. The molecule has 2 heterocycles. The highest BCUT2D eigenvalue weighted by molar-refractivity contribution is 6.42. The summed E-state index contributed by atoms with van der Waals surface area (Å²) in [5.74, 6) is 1.05. The molecule has 1 aromatic carbocycles. The van der Waals surface area contributed by atoms with Crippen molar-refractivity contribution in [3.05, 3.63) is 22.3 Å². The van der Waals surface area contributed by atoms with Crippen molar-refractivity contribution in [3.8, 4) is 11.5 Å². The second kappa shape index (κ2) is 2.72. The topological polar surface area (TPSA) is 34.2 Å². The summed E-state index contributed by atoms with van der Waals surface area (Å²) in [7, 11) is 0.